The summed E-state index contributed by atoms with van der Waals surface area (Å²) in [6.07, 6.45) is 14.0. The highest BCUT2D eigenvalue weighted by Gasteiger charge is 2.25. The molecule has 0 aliphatic heterocycles. The predicted octanol–water partition coefficient (Wildman–Crippen LogP) is 8.46. The maximum absolute atomic E-state index is 2.61. The van der Waals surface area contributed by atoms with Gasteiger partial charge in [-0.05, 0) is 67.6 Å². The van der Waals surface area contributed by atoms with Crippen LogP contribution in [0.2, 0.25) is 0 Å². The summed E-state index contributed by atoms with van der Waals surface area (Å²) in [5.41, 5.74) is 11.4. The molecule has 0 fully saturated rings. The van der Waals surface area contributed by atoms with E-state index in [0.29, 0.717) is 0 Å². The summed E-state index contributed by atoms with van der Waals surface area (Å²) in [6.45, 7) is 4.40. The highest BCUT2D eigenvalue weighted by molar-refractivity contribution is 7.46. The molecule has 1 nitrogen and oxygen atoms in total. The summed E-state index contributed by atoms with van der Waals surface area (Å²) >= 11 is 0. The Labute approximate surface area is 192 Å². The topological polar surface area (TPSA) is 4.41 Å². The Kier molecular flexibility index (Phi) is 4.89. The summed E-state index contributed by atoms with van der Waals surface area (Å²) in [5, 5.41) is 4.43. The number of hydrogen-bond acceptors (Lipinski definition) is 0. The quantitative estimate of drug-likeness (QED) is 0.225. The first-order valence-electron chi connectivity index (χ1n) is 11.7. The fourth-order valence-electron chi connectivity index (χ4n) is 5.60. The van der Waals surface area contributed by atoms with Gasteiger partial charge in [0.15, 0.2) is 0 Å². The van der Waals surface area contributed by atoms with Crippen molar-refractivity contribution in [2.45, 2.75) is 39.5 Å². The lowest BCUT2D eigenvalue weighted by atomic mass is 9.97. The van der Waals surface area contributed by atoms with Crippen molar-refractivity contribution in [3.63, 3.8) is 0 Å². The minimum absolute atomic E-state index is 0.736. The number of fused-ring (bicyclic) bond motifs is 6. The van der Waals surface area contributed by atoms with Crippen LogP contribution in [0.4, 0.5) is 0 Å². The number of aryl methyl sites for hydroxylation is 2. The van der Waals surface area contributed by atoms with Crippen molar-refractivity contribution >= 4 is 42.6 Å². The maximum Gasteiger partial charge on any atom is 0.0613 e. The first kappa shape index (κ1) is 19.8. The molecule has 2 aromatic carbocycles. The Bertz CT molecular complexity index is 1440. The molecule has 2 aliphatic rings. The molecule has 0 bridgehead atoms. The first-order chi connectivity index (χ1) is 15.8. The molecule has 4 aromatic rings. The molecule has 2 aromatic heterocycles. The SMILES string of the molecule is C/C=C(\C(C)=C/PC1=Cc2c(n3c4c(c5cccc2c53)C=CCC4)CC1)c1ccccc1. The van der Waals surface area contributed by atoms with Gasteiger partial charge in [-0.15, -0.1) is 0 Å². The average Bonchev–Trinajstić information content (AvgIpc) is 3.36. The second kappa shape index (κ2) is 7.91. The molecule has 0 N–H and O–H groups in total. The van der Waals surface area contributed by atoms with Crippen molar-refractivity contribution in [2.24, 2.45) is 0 Å². The van der Waals surface area contributed by atoms with Gasteiger partial charge in [0.2, 0.25) is 0 Å². The minimum Gasteiger partial charge on any atom is -0.315 e. The van der Waals surface area contributed by atoms with Gasteiger partial charge >= 0.3 is 0 Å². The van der Waals surface area contributed by atoms with E-state index in [0.717, 1.165) is 34.3 Å². The number of rotatable bonds is 4. The fraction of sp³-hybridized carbons (Fsp3) is 0.200. The Balaban J connectivity index is 1.38. The van der Waals surface area contributed by atoms with Gasteiger partial charge in [-0.3, -0.25) is 0 Å². The lowest BCUT2D eigenvalue weighted by molar-refractivity contribution is 0.844. The zero-order valence-corrected chi connectivity index (χ0v) is 19.8. The Morgan fingerprint density at radius 2 is 1.69 bits per heavy atom. The van der Waals surface area contributed by atoms with Gasteiger partial charge in [0.25, 0.3) is 0 Å². The number of aromatic nitrogens is 1. The van der Waals surface area contributed by atoms with Crippen LogP contribution in [0.25, 0.3) is 34.0 Å². The van der Waals surface area contributed by atoms with Gasteiger partial charge < -0.3 is 4.40 Å². The molecule has 2 aliphatic carbocycles. The predicted molar refractivity (Wildman–Crippen MR) is 142 cm³/mol. The zero-order valence-electron chi connectivity index (χ0n) is 18.8. The van der Waals surface area contributed by atoms with E-state index in [-0.39, 0.29) is 0 Å². The highest BCUT2D eigenvalue weighted by atomic mass is 31.1. The molecule has 0 radical (unpaired) electrons. The Morgan fingerprint density at radius 3 is 2.50 bits per heavy atom. The van der Waals surface area contributed by atoms with Gasteiger partial charge in [-0.2, -0.15) is 0 Å². The second-order valence-corrected chi connectivity index (χ2v) is 10.1. The van der Waals surface area contributed by atoms with Gasteiger partial charge in [0, 0.05) is 33.3 Å². The molecule has 32 heavy (non-hydrogen) atoms. The van der Waals surface area contributed by atoms with Crippen molar-refractivity contribution < 1.29 is 0 Å². The van der Waals surface area contributed by atoms with Crippen LogP contribution < -0.4 is 0 Å². The number of benzene rings is 2. The van der Waals surface area contributed by atoms with Crippen molar-refractivity contribution in [3.05, 3.63) is 105 Å². The van der Waals surface area contributed by atoms with Gasteiger partial charge in [-0.25, -0.2) is 0 Å². The van der Waals surface area contributed by atoms with Crippen LogP contribution in [0.3, 0.4) is 0 Å². The van der Waals surface area contributed by atoms with Crippen LogP contribution in [0.5, 0.6) is 0 Å². The number of allylic oxidation sites excluding steroid dienone is 5. The summed E-state index contributed by atoms with van der Waals surface area (Å²) in [4.78, 5) is 0. The molecule has 0 saturated heterocycles. The van der Waals surface area contributed by atoms with Crippen molar-refractivity contribution in [1.82, 2.24) is 4.40 Å². The first-order valence-corrected chi connectivity index (χ1v) is 12.8. The Morgan fingerprint density at radius 1 is 0.906 bits per heavy atom. The van der Waals surface area contributed by atoms with E-state index >= 15 is 0 Å². The summed E-state index contributed by atoms with van der Waals surface area (Å²) in [5.74, 6) is 2.45. The molecule has 1 unspecified atom stereocenters. The molecular weight excluding hydrogens is 405 g/mol. The smallest absolute Gasteiger partial charge is 0.0613 e. The van der Waals surface area contributed by atoms with Crippen LogP contribution in [0, 0.1) is 0 Å². The highest BCUT2D eigenvalue weighted by Crippen LogP contribution is 2.44. The van der Waals surface area contributed by atoms with E-state index in [4.69, 9.17) is 0 Å². The third-order valence-corrected chi connectivity index (χ3v) is 8.40. The van der Waals surface area contributed by atoms with Crippen molar-refractivity contribution in [2.75, 3.05) is 0 Å². The van der Waals surface area contributed by atoms with Crippen molar-refractivity contribution in [1.29, 1.82) is 0 Å². The maximum atomic E-state index is 2.61. The largest absolute Gasteiger partial charge is 0.315 e. The molecule has 6 rings (SSSR count). The summed E-state index contributed by atoms with van der Waals surface area (Å²) in [7, 11) is 0.736. The second-order valence-electron chi connectivity index (χ2n) is 8.91. The third kappa shape index (κ3) is 3.03. The zero-order chi connectivity index (χ0) is 21.7. The molecule has 0 spiro atoms. The average molecular weight is 434 g/mol. The molecule has 2 heterocycles. The van der Waals surface area contributed by atoms with Crippen LogP contribution in [0.1, 0.15) is 54.8 Å². The molecule has 0 amide bonds. The molecule has 0 saturated carbocycles. The number of hydrogen-bond donors (Lipinski definition) is 0. The van der Waals surface area contributed by atoms with Gasteiger partial charge in [0.05, 0.1) is 5.52 Å². The molecule has 2 heteroatoms. The van der Waals surface area contributed by atoms with Crippen LogP contribution >= 0.6 is 8.58 Å². The van der Waals surface area contributed by atoms with E-state index in [9.17, 15) is 0 Å². The van der Waals surface area contributed by atoms with Crippen LogP contribution in [-0.2, 0) is 12.8 Å². The number of nitrogens with zero attached hydrogens (tertiary/aromatic N) is 1. The van der Waals surface area contributed by atoms with E-state index in [1.54, 1.807) is 5.31 Å². The van der Waals surface area contributed by atoms with Crippen LogP contribution in [0.15, 0.2) is 77.4 Å². The fourth-order valence-corrected chi connectivity index (χ4v) is 6.65. The minimum atomic E-state index is 0.736. The number of para-hydroxylation sites is 1. The van der Waals surface area contributed by atoms with E-state index in [2.05, 4.69) is 96.9 Å². The van der Waals surface area contributed by atoms with Crippen LogP contribution in [-0.4, -0.2) is 4.40 Å². The molecule has 158 valence electrons. The summed E-state index contributed by atoms with van der Waals surface area (Å²) < 4.78 is 2.61. The normalized spacial score (nSPS) is 16.9. The molecular formula is C30H28NP. The van der Waals surface area contributed by atoms with Gasteiger partial charge in [-0.1, -0.05) is 81.2 Å². The van der Waals surface area contributed by atoms with E-state index < -0.39 is 0 Å². The Hall–Kier alpha value is -2.89. The van der Waals surface area contributed by atoms with E-state index in [1.165, 1.54) is 55.5 Å². The monoisotopic (exact) mass is 433 g/mol. The summed E-state index contributed by atoms with van der Waals surface area (Å²) in [6, 6.07) is 17.6. The third-order valence-electron chi connectivity index (χ3n) is 7.06. The lowest BCUT2D eigenvalue weighted by Gasteiger charge is -2.16. The standard InChI is InChI=1S/C30H28NP/c1-3-23(21-10-5-4-6-11-21)20(2)19-32-22-16-17-29-27(18-22)26-14-9-13-25-24-12-7-8-15-28(24)31(29)30(25)26/h3-7,9-14,18-19,32H,8,15-17H2,1-2H3/b20-19-,23-3+. The molecule has 1 atom stereocenters. The van der Waals surface area contributed by atoms with Crippen molar-refractivity contribution in [3.8, 4) is 0 Å². The van der Waals surface area contributed by atoms with E-state index in [1.807, 2.05) is 0 Å². The van der Waals surface area contributed by atoms with Gasteiger partial charge in [0.1, 0.15) is 0 Å². The lowest BCUT2D eigenvalue weighted by Crippen LogP contribution is -2.04.